The van der Waals surface area contributed by atoms with Crippen LogP contribution in [0.4, 0.5) is 0 Å². The molecular formula is C25H36O5. The molecule has 0 spiro atoms. The smallest absolute Gasteiger partial charge is 0.333 e. The highest BCUT2D eigenvalue weighted by Gasteiger charge is 2.29. The molecule has 0 bridgehead atoms. The Morgan fingerprint density at radius 2 is 2.07 bits per heavy atom. The van der Waals surface area contributed by atoms with Gasteiger partial charge in [0.2, 0.25) is 6.29 Å². The number of hydrogen-bond acceptors (Lipinski definition) is 5. The molecule has 0 aromatic carbocycles. The fourth-order valence-corrected chi connectivity index (χ4v) is 4.42. The van der Waals surface area contributed by atoms with E-state index in [0.29, 0.717) is 17.4 Å². The first-order valence-electron chi connectivity index (χ1n) is 10.9. The molecule has 0 aromatic heterocycles. The molecule has 0 aromatic rings. The monoisotopic (exact) mass is 416 g/mol. The second-order valence-corrected chi connectivity index (χ2v) is 9.17. The Morgan fingerprint density at radius 1 is 1.33 bits per heavy atom. The lowest BCUT2D eigenvalue weighted by molar-refractivity contribution is -0.151. The Bertz CT molecular complexity index is 766. The van der Waals surface area contributed by atoms with Crippen molar-refractivity contribution < 1.29 is 24.5 Å². The van der Waals surface area contributed by atoms with Gasteiger partial charge in [0.1, 0.15) is 6.29 Å². The van der Waals surface area contributed by atoms with Gasteiger partial charge in [0, 0.05) is 11.6 Å². The van der Waals surface area contributed by atoms with E-state index >= 15 is 0 Å². The van der Waals surface area contributed by atoms with Gasteiger partial charge in [0.25, 0.3) is 0 Å². The Labute approximate surface area is 180 Å². The number of esters is 1. The van der Waals surface area contributed by atoms with E-state index in [4.69, 9.17) is 0 Å². The molecule has 0 saturated heterocycles. The molecular weight excluding hydrogens is 380 g/mol. The Balaban J connectivity index is 1.83. The topological polar surface area (TPSA) is 83.8 Å². The molecule has 0 amide bonds. The van der Waals surface area contributed by atoms with E-state index in [9.17, 15) is 19.8 Å². The first-order chi connectivity index (χ1) is 14.1. The number of carbonyl (C=O) groups excluding carboxylic acids is 2. The molecule has 2 aliphatic rings. The second kappa shape index (κ2) is 10.9. The Morgan fingerprint density at radius 3 is 2.67 bits per heavy atom. The van der Waals surface area contributed by atoms with E-state index in [-0.39, 0.29) is 12.0 Å². The number of aliphatic hydroxyl groups is 2. The van der Waals surface area contributed by atoms with Crippen molar-refractivity contribution in [1.82, 2.24) is 0 Å². The van der Waals surface area contributed by atoms with Crippen molar-refractivity contribution in [2.75, 3.05) is 0 Å². The normalized spacial score (nSPS) is 23.3. The number of allylic oxidation sites excluding steroid dienone is 5. The SMILES string of the molecule is CC1=C(CC/C(C)=C/CC/C(C=O)=C/CC(O)C2=CC(=O)OC2O)C(C)(C)CCC1. The number of cyclic esters (lactones) is 1. The van der Waals surface area contributed by atoms with Crippen LogP contribution in [0.25, 0.3) is 0 Å². The molecule has 5 heteroatoms. The third kappa shape index (κ3) is 6.78. The summed E-state index contributed by atoms with van der Waals surface area (Å²) in [4.78, 5) is 22.5. The summed E-state index contributed by atoms with van der Waals surface area (Å²) in [7, 11) is 0. The highest BCUT2D eigenvalue weighted by Crippen LogP contribution is 2.42. The average Bonchev–Trinajstić information content (AvgIpc) is 3.01. The van der Waals surface area contributed by atoms with Crippen LogP contribution in [0.5, 0.6) is 0 Å². The zero-order valence-corrected chi connectivity index (χ0v) is 18.7. The summed E-state index contributed by atoms with van der Waals surface area (Å²) in [6.45, 7) is 9.11. The molecule has 1 aliphatic heterocycles. The molecule has 2 N–H and O–H groups in total. The van der Waals surface area contributed by atoms with Crippen LogP contribution in [0.2, 0.25) is 0 Å². The van der Waals surface area contributed by atoms with Crippen molar-refractivity contribution in [2.45, 2.75) is 91.5 Å². The van der Waals surface area contributed by atoms with Crippen molar-refractivity contribution in [3.05, 3.63) is 46.1 Å². The predicted molar refractivity (Wildman–Crippen MR) is 118 cm³/mol. The van der Waals surface area contributed by atoms with Gasteiger partial charge in [-0.1, -0.05) is 42.7 Å². The van der Waals surface area contributed by atoms with Gasteiger partial charge in [-0.3, -0.25) is 4.79 Å². The fraction of sp³-hybridized carbons (Fsp3) is 0.600. The highest BCUT2D eigenvalue weighted by molar-refractivity contribution is 5.85. The number of aldehydes is 1. The maximum atomic E-state index is 11.4. The van der Waals surface area contributed by atoms with Crippen molar-refractivity contribution in [3.63, 3.8) is 0 Å². The van der Waals surface area contributed by atoms with Crippen molar-refractivity contribution >= 4 is 12.3 Å². The Hall–Kier alpha value is -1.98. The van der Waals surface area contributed by atoms with Gasteiger partial charge < -0.3 is 14.9 Å². The van der Waals surface area contributed by atoms with Gasteiger partial charge in [-0.05, 0) is 76.2 Å². The minimum atomic E-state index is -1.40. The third-order valence-electron chi connectivity index (χ3n) is 6.32. The van der Waals surface area contributed by atoms with E-state index in [1.165, 1.54) is 24.8 Å². The average molecular weight is 417 g/mol. The molecule has 0 fully saturated rings. The molecule has 2 atom stereocenters. The van der Waals surface area contributed by atoms with Gasteiger partial charge >= 0.3 is 5.97 Å². The first-order valence-corrected chi connectivity index (χ1v) is 10.9. The van der Waals surface area contributed by atoms with Crippen LogP contribution in [0.15, 0.2) is 46.1 Å². The minimum absolute atomic E-state index is 0.132. The summed E-state index contributed by atoms with van der Waals surface area (Å²) in [6, 6.07) is 0. The Kier molecular flexibility index (Phi) is 8.80. The maximum Gasteiger partial charge on any atom is 0.333 e. The number of hydrogen-bond donors (Lipinski definition) is 2. The van der Waals surface area contributed by atoms with Crippen molar-refractivity contribution in [3.8, 4) is 0 Å². The van der Waals surface area contributed by atoms with Crippen LogP contribution in [0, 0.1) is 5.41 Å². The van der Waals surface area contributed by atoms with Crippen LogP contribution in [-0.4, -0.2) is 34.9 Å². The number of carbonyl (C=O) groups is 2. The molecule has 2 rings (SSSR count). The van der Waals surface area contributed by atoms with Crippen LogP contribution in [0.3, 0.4) is 0 Å². The van der Waals surface area contributed by atoms with Gasteiger partial charge in [-0.15, -0.1) is 0 Å². The molecule has 0 saturated carbocycles. The summed E-state index contributed by atoms with van der Waals surface area (Å²) in [5.41, 5.74) is 5.53. The molecule has 166 valence electrons. The summed E-state index contributed by atoms with van der Waals surface area (Å²) in [6.07, 6.45) is 10.7. The summed E-state index contributed by atoms with van der Waals surface area (Å²) in [5, 5.41) is 19.7. The fourth-order valence-electron chi connectivity index (χ4n) is 4.42. The zero-order valence-electron chi connectivity index (χ0n) is 18.7. The van der Waals surface area contributed by atoms with Gasteiger partial charge in [0.05, 0.1) is 6.10 Å². The number of ether oxygens (including phenoxy) is 1. The van der Waals surface area contributed by atoms with E-state index in [0.717, 1.165) is 31.6 Å². The summed E-state index contributed by atoms with van der Waals surface area (Å²) >= 11 is 0. The van der Waals surface area contributed by atoms with Crippen molar-refractivity contribution in [2.24, 2.45) is 5.41 Å². The molecule has 30 heavy (non-hydrogen) atoms. The number of rotatable bonds is 10. The molecule has 1 aliphatic carbocycles. The van der Waals surface area contributed by atoms with E-state index < -0.39 is 18.4 Å². The number of aliphatic hydroxyl groups excluding tert-OH is 2. The third-order valence-corrected chi connectivity index (χ3v) is 6.32. The maximum absolute atomic E-state index is 11.4. The quantitative estimate of drug-likeness (QED) is 0.233. The second-order valence-electron chi connectivity index (χ2n) is 9.17. The van der Waals surface area contributed by atoms with E-state index in [1.54, 1.807) is 17.2 Å². The van der Waals surface area contributed by atoms with Gasteiger partial charge in [-0.2, -0.15) is 0 Å². The summed E-state index contributed by atoms with van der Waals surface area (Å²) in [5.74, 6) is -0.667. The van der Waals surface area contributed by atoms with E-state index in [1.807, 2.05) is 0 Å². The highest BCUT2D eigenvalue weighted by atomic mass is 16.6. The van der Waals surface area contributed by atoms with Crippen LogP contribution < -0.4 is 0 Å². The van der Waals surface area contributed by atoms with Crippen LogP contribution in [-0.2, 0) is 14.3 Å². The lowest BCUT2D eigenvalue weighted by atomic mass is 9.71. The van der Waals surface area contributed by atoms with Crippen LogP contribution in [0.1, 0.15) is 79.1 Å². The largest absolute Gasteiger partial charge is 0.429 e. The van der Waals surface area contributed by atoms with Gasteiger partial charge in [0.15, 0.2) is 0 Å². The zero-order chi connectivity index (χ0) is 22.3. The molecule has 0 radical (unpaired) electrons. The molecule has 1 heterocycles. The van der Waals surface area contributed by atoms with E-state index in [2.05, 4.69) is 38.5 Å². The first kappa shape index (κ1) is 24.3. The molecule has 2 unspecified atom stereocenters. The predicted octanol–water partition coefficient (Wildman–Crippen LogP) is 4.70. The minimum Gasteiger partial charge on any atom is -0.429 e. The lowest BCUT2D eigenvalue weighted by Crippen LogP contribution is -2.20. The van der Waals surface area contributed by atoms with Crippen LogP contribution >= 0.6 is 0 Å². The van der Waals surface area contributed by atoms with Gasteiger partial charge in [-0.25, -0.2) is 4.79 Å². The van der Waals surface area contributed by atoms with Crippen molar-refractivity contribution in [1.29, 1.82) is 0 Å². The summed E-state index contributed by atoms with van der Waals surface area (Å²) < 4.78 is 4.57. The standard InChI is InChI=1S/C25H36O5/c1-17(10-12-21-18(2)8-6-14-25(21,3)4)7-5-9-19(16-26)11-13-22(27)20-15-23(28)30-24(20)29/h7,11,15-16,22,24,27,29H,5-6,8-10,12-14H2,1-4H3/b17-7+,19-11-. The lowest BCUT2D eigenvalue weighted by Gasteiger charge is -2.35. The molecule has 5 nitrogen and oxygen atoms in total.